The van der Waals surface area contributed by atoms with E-state index in [1.807, 2.05) is 11.8 Å². The summed E-state index contributed by atoms with van der Waals surface area (Å²) < 4.78 is 0. The highest BCUT2D eigenvalue weighted by atomic mass is 32.2. The highest BCUT2D eigenvalue weighted by Gasteiger charge is 2.06. The number of thioether (sulfide) groups is 1. The van der Waals surface area contributed by atoms with Crippen molar-refractivity contribution in [2.45, 2.75) is 58.2 Å². The summed E-state index contributed by atoms with van der Waals surface area (Å²) in [7, 11) is 0. The molecular weight excluding hydrogens is 178 g/mol. The molecule has 13 heavy (non-hydrogen) atoms. The third-order valence-corrected chi connectivity index (χ3v) is 3.81. The van der Waals surface area contributed by atoms with Crippen LogP contribution in [-0.2, 0) is 0 Å². The number of nitrogens with two attached hydrogens (primary N) is 1. The van der Waals surface area contributed by atoms with Crippen LogP contribution >= 0.6 is 11.8 Å². The molecule has 0 saturated heterocycles. The Balaban J connectivity index is 3.34. The molecule has 2 atom stereocenters. The van der Waals surface area contributed by atoms with Gasteiger partial charge in [-0.2, -0.15) is 11.8 Å². The second-order valence-corrected chi connectivity index (χ2v) is 5.75. The molecular formula is C11H25NS. The average molecular weight is 203 g/mol. The van der Waals surface area contributed by atoms with Crippen molar-refractivity contribution in [2.75, 3.05) is 5.75 Å². The van der Waals surface area contributed by atoms with E-state index in [2.05, 4.69) is 27.7 Å². The van der Waals surface area contributed by atoms with Gasteiger partial charge in [0.1, 0.15) is 0 Å². The SMILES string of the molecule is CCC(C)SCC(N)CCC(C)C. The zero-order chi connectivity index (χ0) is 10.3. The van der Waals surface area contributed by atoms with E-state index < -0.39 is 0 Å². The maximum Gasteiger partial charge on any atom is 0.0130 e. The van der Waals surface area contributed by atoms with Gasteiger partial charge in [0.25, 0.3) is 0 Å². The molecule has 1 nitrogen and oxygen atoms in total. The first-order valence-electron chi connectivity index (χ1n) is 5.43. The molecule has 0 amide bonds. The Morgan fingerprint density at radius 3 is 2.23 bits per heavy atom. The van der Waals surface area contributed by atoms with Gasteiger partial charge in [-0.25, -0.2) is 0 Å². The molecule has 0 spiro atoms. The predicted molar refractivity (Wildman–Crippen MR) is 64.3 cm³/mol. The third-order valence-electron chi connectivity index (χ3n) is 2.28. The molecule has 2 unspecified atom stereocenters. The molecule has 0 aromatic heterocycles. The maximum absolute atomic E-state index is 6.00. The van der Waals surface area contributed by atoms with Crippen LogP contribution in [-0.4, -0.2) is 17.0 Å². The monoisotopic (exact) mass is 203 g/mol. The van der Waals surface area contributed by atoms with Crippen molar-refractivity contribution in [1.29, 1.82) is 0 Å². The second kappa shape index (κ2) is 7.69. The Kier molecular flexibility index (Phi) is 7.87. The summed E-state index contributed by atoms with van der Waals surface area (Å²) in [6.45, 7) is 9.03. The van der Waals surface area contributed by atoms with Gasteiger partial charge in [0, 0.05) is 17.0 Å². The van der Waals surface area contributed by atoms with Gasteiger partial charge in [0.15, 0.2) is 0 Å². The fourth-order valence-electron chi connectivity index (χ4n) is 1.04. The van der Waals surface area contributed by atoms with E-state index in [0.29, 0.717) is 6.04 Å². The molecule has 0 aliphatic rings. The molecule has 0 bridgehead atoms. The first-order chi connectivity index (χ1) is 6.06. The van der Waals surface area contributed by atoms with E-state index in [4.69, 9.17) is 5.73 Å². The Bertz CT molecular complexity index is 115. The minimum atomic E-state index is 0.404. The summed E-state index contributed by atoms with van der Waals surface area (Å²) in [5.41, 5.74) is 6.00. The Morgan fingerprint density at radius 1 is 1.15 bits per heavy atom. The highest BCUT2D eigenvalue weighted by Crippen LogP contribution is 2.16. The van der Waals surface area contributed by atoms with Crippen LogP contribution in [0.15, 0.2) is 0 Å². The van der Waals surface area contributed by atoms with Crippen LogP contribution in [0.25, 0.3) is 0 Å². The zero-order valence-electron chi connectivity index (χ0n) is 9.55. The normalized spacial score (nSPS) is 16.2. The van der Waals surface area contributed by atoms with Crippen LogP contribution in [0.3, 0.4) is 0 Å². The van der Waals surface area contributed by atoms with Crippen molar-refractivity contribution in [3.63, 3.8) is 0 Å². The minimum absolute atomic E-state index is 0.404. The molecule has 0 aromatic rings. The molecule has 0 rings (SSSR count). The molecule has 80 valence electrons. The quantitative estimate of drug-likeness (QED) is 0.687. The van der Waals surface area contributed by atoms with Gasteiger partial charge in [0.2, 0.25) is 0 Å². The largest absolute Gasteiger partial charge is 0.327 e. The van der Waals surface area contributed by atoms with Crippen LogP contribution in [0.2, 0.25) is 0 Å². The summed E-state index contributed by atoms with van der Waals surface area (Å²) >= 11 is 2.01. The van der Waals surface area contributed by atoms with E-state index in [1.165, 1.54) is 19.3 Å². The van der Waals surface area contributed by atoms with Gasteiger partial charge < -0.3 is 5.73 Å². The molecule has 2 heteroatoms. The number of rotatable bonds is 7. The van der Waals surface area contributed by atoms with Crippen molar-refractivity contribution in [3.8, 4) is 0 Å². The smallest absolute Gasteiger partial charge is 0.0130 e. The van der Waals surface area contributed by atoms with Gasteiger partial charge >= 0.3 is 0 Å². The fraction of sp³-hybridized carbons (Fsp3) is 1.00. The lowest BCUT2D eigenvalue weighted by Gasteiger charge is -2.15. The van der Waals surface area contributed by atoms with Crippen molar-refractivity contribution >= 4 is 11.8 Å². The first-order valence-corrected chi connectivity index (χ1v) is 6.48. The average Bonchev–Trinajstić information content (AvgIpc) is 2.10. The van der Waals surface area contributed by atoms with Gasteiger partial charge in [-0.3, -0.25) is 0 Å². The molecule has 0 aromatic carbocycles. The molecule has 2 N–H and O–H groups in total. The summed E-state index contributed by atoms with van der Waals surface area (Å²) in [5, 5.41) is 0.769. The molecule has 0 fully saturated rings. The Morgan fingerprint density at radius 2 is 1.77 bits per heavy atom. The Labute approximate surface area is 87.9 Å². The lowest BCUT2D eigenvalue weighted by molar-refractivity contribution is 0.517. The fourth-order valence-corrected chi connectivity index (χ4v) is 2.01. The van der Waals surface area contributed by atoms with Gasteiger partial charge in [-0.1, -0.05) is 27.7 Å². The van der Waals surface area contributed by atoms with Gasteiger partial charge in [0.05, 0.1) is 0 Å². The van der Waals surface area contributed by atoms with Crippen LogP contribution in [0.4, 0.5) is 0 Å². The standard InChI is InChI=1S/C11H25NS/c1-5-10(4)13-8-11(12)7-6-9(2)3/h9-11H,5-8,12H2,1-4H3. The van der Waals surface area contributed by atoms with Crippen molar-refractivity contribution in [2.24, 2.45) is 11.7 Å². The van der Waals surface area contributed by atoms with Crippen molar-refractivity contribution < 1.29 is 0 Å². The second-order valence-electron chi connectivity index (χ2n) is 4.28. The van der Waals surface area contributed by atoms with E-state index in [1.54, 1.807) is 0 Å². The maximum atomic E-state index is 6.00. The van der Waals surface area contributed by atoms with Crippen molar-refractivity contribution in [3.05, 3.63) is 0 Å². The summed E-state index contributed by atoms with van der Waals surface area (Å²) in [5.74, 6) is 1.92. The van der Waals surface area contributed by atoms with E-state index in [0.717, 1.165) is 16.9 Å². The summed E-state index contributed by atoms with van der Waals surface area (Å²) in [6, 6.07) is 0.404. The lowest BCUT2D eigenvalue weighted by atomic mass is 10.1. The third kappa shape index (κ3) is 8.63. The highest BCUT2D eigenvalue weighted by molar-refractivity contribution is 7.99. The zero-order valence-corrected chi connectivity index (χ0v) is 10.4. The minimum Gasteiger partial charge on any atom is -0.327 e. The van der Waals surface area contributed by atoms with E-state index >= 15 is 0 Å². The summed E-state index contributed by atoms with van der Waals surface area (Å²) in [4.78, 5) is 0. The van der Waals surface area contributed by atoms with Crippen molar-refractivity contribution in [1.82, 2.24) is 0 Å². The van der Waals surface area contributed by atoms with E-state index in [-0.39, 0.29) is 0 Å². The Hall–Kier alpha value is 0.310. The predicted octanol–water partition coefficient (Wildman–Crippen LogP) is 3.28. The molecule has 0 aliphatic carbocycles. The lowest BCUT2D eigenvalue weighted by Crippen LogP contribution is -2.24. The topological polar surface area (TPSA) is 26.0 Å². The van der Waals surface area contributed by atoms with E-state index in [9.17, 15) is 0 Å². The molecule has 0 saturated carbocycles. The number of hydrogen-bond acceptors (Lipinski definition) is 2. The van der Waals surface area contributed by atoms with Gasteiger partial charge in [-0.05, 0) is 25.2 Å². The number of hydrogen-bond donors (Lipinski definition) is 1. The van der Waals surface area contributed by atoms with Crippen LogP contribution in [0.1, 0.15) is 47.0 Å². The van der Waals surface area contributed by atoms with Crippen LogP contribution in [0, 0.1) is 5.92 Å². The molecule has 0 radical (unpaired) electrons. The van der Waals surface area contributed by atoms with Crippen LogP contribution < -0.4 is 5.73 Å². The molecule has 0 aliphatic heterocycles. The van der Waals surface area contributed by atoms with Gasteiger partial charge in [-0.15, -0.1) is 0 Å². The summed E-state index contributed by atoms with van der Waals surface area (Å²) in [6.07, 6.45) is 3.70. The van der Waals surface area contributed by atoms with Crippen LogP contribution in [0.5, 0.6) is 0 Å². The first kappa shape index (κ1) is 13.3. The molecule has 0 heterocycles.